The van der Waals surface area contributed by atoms with Crippen LogP contribution in [0.1, 0.15) is 35.4 Å². The van der Waals surface area contributed by atoms with Crippen LogP contribution in [0.3, 0.4) is 0 Å². The maximum atomic E-state index is 12.9. The molecule has 108 valence electrons. The van der Waals surface area contributed by atoms with Gasteiger partial charge in [0, 0.05) is 6.20 Å². The molecule has 0 fully saturated rings. The maximum absolute atomic E-state index is 12.9. The first-order chi connectivity index (χ1) is 10.2. The number of nitrogens with zero attached hydrogens (tertiary/aromatic N) is 3. The smallest absolute Gasteiger partial charge is 0.259 e. The number of amides is 1. The number of rotatable bonds is 5. The minimum Gasteiger partial charge on any atom is -0.320 e. The first kappa shape index (κ1) is 13.5. The molecular weight excluding hydrogens is 271 g/mol. The summed E-state index contributed by atoms with van der Waals surface area (Å²) in [6.07, 6.45) is 7.52. The lowest BCUT2D eigenvalue weighted by Gasteiger charge is -2.12. The number of aromatic nitrogens is 3. The Balaban J connectivity index is 1.90. The number of halogens is 1. The van der Waals surface area contributed by atoms with Crippen molar-refractivity contribution >= 4 is 17.2 Å². The fraction of sp³-hybridized carbons (Fsp3) is 0.267. The minimum absolute atomic E-state index is 0.261. The van der Waals surface area contributed by atoms with Crippen LogP contribution in [0.15, 0.2) is 36.8 Å². The normalized spacial score (nSPS) is 14.5. The molecular formula is C15H15FN4O. The van der Waals surface area contributed by atoms with Crippen molar-refractivity contribution < 1.29 is 9.18 Å². The summed E-state index contributed by atoms with van der Waals surface area (Å²) >= 11 is 0. The predicted molar refractivity (Wildman–Crippen MR) is 77.7 cm³/mol. The van der Waals surface area contributed by atoms with Crippen molar-refractivity contribution in [2.75, 3.05) is 12.0 Å². The number of allylic oxidation sites excluding steroid dienone is 2. The standard InChI is InChI=1S/C15H15FN4O/c1-10(7-16)20-14(11-4-5-11)13(9-18-20)15(21)19-12-3-2-6-17-8-12/h2-4,6,8-10H,5,7H2,1H3,(H,19,21). The van der Waals surface area contributed by atoms with Crippen LogP contribution in [0.5, 0.6) is 0 Å². The molecule has 0 bridgehead atoms. The molecule has 1 N–H and O–H groups in total. The highest BCUT2D eigenvalue weighted by molar-refractivity contribution is 6.07. The predicted octanol–water partition coefficient (Wildman–Crippen LogP) is 2.85. The number of alkyl halides is 1. The van der Waals surface area contributed by atoms with Gasteiger partial charge >= 0.3 is 0 Å². The van der Waals surface area contributed by atoms with Crippen LogP contribution >= 0.6 is 0 Å². The Bertz CT molecular complexity index is 693. The highest BCUT2D eigenvalue weighted by Crippen LogP contribution is 2.34. The van der Waals surface area contributed by atoms with Crippen molar-refractivity contribution in [3.8, 4) is 0 Å². The lowest BCUT2D eigenvalue weighted by Crippen LogP contribution is -2.15. The molecule has 1 aliphatic carbocycles. The van der Waals surface area contributed by atoms with Crippen LogP contribution in [0.25, 0.3) is 5.57 Å². The van der Waals surface area contributed by atoms with Gasteiger partial charge in [0.2, 0.25) is 0 Å². The number of hydrogen-bond acceptors (Lipinski definition) is 3. The largest absolute Gasteiger partial charge is 0.320 e. The monoisotopic (exact) mass is 286 g/mol. The Morgan fingerprint density at radius 1 is 1.52 bits per heavy atom. The molecule has 0 spiro atoms. The zero-order chi connectivity index (χ0) is 14.8. The Labute approximate surface area is 121 Å². The number of carbonyl (C=O) groups is 1. The molecule has 2 aromatic rings. The molecule has 21 heavy (non-hydrogen) atoms. The fourth-order valence-corrected chi connectivity index (χ4v) is 2.13. The SMILES string of the molecule is CC(CF)n1ncc(C(=O)Nc2cccnc2)c1C1=CC1. The zero-order valence-electron chi connectivity index (χ0n) is 11.6. The number of hydrogen-bond donors (Lipinski definition) is 1. The second-order valence-corrected chi connectivity index (χ2v) is 4.98. The molecule has 0 saturated heterocycles. The lowest BCUT2D eigenvalue weighted by atomic mass is 10.1. The quantitative estimate of drug-likeness (QED) is 0.919. The van der Waals surface area contributed by atoms with Crippen molar-refractivity contribution in [3.63, 3.8) is 0 Å². The number of pyridine rings is 1. The second-order valence-electron chi connectivity index (χ2n) is 4.98. The van der Waals surface area contributed by atoms with Crippen LogP contribution in [0.2, 0.25) is 0 Å². The Morgan fingerprint density at radius 3 is 2.95 bits per heavy atom. The van der Waals surface area contributed by atoms with Crippen molar-refractivity contribution in [2.45, 2.75) is 19.4 Å². The molecule has 5 nitrogen and oxygen atoms in total. The summed E-state index contributed by atoms with van der Waals surface area (Å²) in [6, 6.07) is 3.12. The van der Waals surface area contributed by atoms with E-state index in [1.54, 1.807) is 36.1 Å². The van der Waals surface area contributed by atoms with E-state index in [9.17, 15) is 9.18 Å². The van der Waals surface area contributed by atoms with E-state index in [-0.39, 0.29) is 11.9 Å². The van der Waals surface area contributed by atoms with Gasteiger partial charge in [0.05, 0.1) is 35.4 Å². The van der Waals surface area contributed by atoms with Crippen molar-refractivity contribution in [1.82, 2.24) is 14.8 Å². The van der Waals surface area contributed by atoms with E-state index in [1.165, 1.54) is 6.20 Å². The van der Waals surface area contributed by atoms with Gasteiger partial charge in [-0.05, 0) is 31.1 Å². The maximum Gasteiger partial charge on any atom is 0.259 e. The van der Waals surface area contributed by atoms with E-state index >= 15 is 0 Å². The van der Waals surface area contributed by atoms with E-state index in [4.69, 9.17) is 0 Å². The molecule has 0 aromatic carbocycles. The van der Waals surface area contributed by atoms with Gasteiger partial charge in [0.1, 0.15) is 6.67 Å². The highest BCUT2D eigenvalue weighted by atomic mass is 19.1. The molecule has 2 aromatic heterocycles. The van der Waals surface area contributed by atoms with Crippen LogP contribution in [0, 0.1) is 0 Å². The lowest BCUT2D eigenvalue weighted by molar-refractivity contribution is 0.102. The summed E-state index contributed by atoms with van der Waals surface area (Å²) in [6.45, 7) is 1.22. The van der Waals surface area contributed by atoms with Crippen LogP contribution in [-0.2, 0) is 0 Å². The molecule has 0 aliphatic heterocycles. The van der Waals surface area contributed by atoms with Crippen molar-refractivity contribution in [3.05, 3.63) is 48.1 Å². The summed E-state index contributed by atoms with van der Waals surface area (Å²) in [4.78, 5) is 16.3. The van der Waals surface area contributed by atoms with Gasteiger partial charge in [-0.2, -0.15) is 5.10 Å². The van der Waals surface area contributed by atoms with Gasteiger partial charge in [0.25, 0.3) is 5.91 Å². The topological polar surface area (TPSA) is 59.8 Å². The van der Waals surface area contributed by atoms with Crippen molar-refractivity contribution in [1.29, 1.82) is 0 Å². The summed E-state index contributed by atoms with van der Waals surface area (Å²) in [5.41, 5.74) is 2.82. The summed E-state index contributed by atoms with van der Waals surface area (Å²) in [5, 5.41) is 6.95. The van der Waals surface area contributed by atoms with Crippen LogP contribution < -0.4 is 5.32 Å². The fourth-order valence-electron chi connectivity index (χ4n) is 2.13. The van der Waals surface area contributed by atoms with E-state index in [0.29, 0.717) is 16.9 Å². The summed E-state index contributed by atoms with van der Waals surface area (Å²) in [7, 11) is 0. The molecule has 2 heterocycles. The van der Waals surface area contributed by atoms with Gasteiger partial charge in [0.15, 0.2) is 0 Å². The Hall–Kier alpha value is -2.50. The van der Waals surface area contributed by atoms with Crippen molar-refractivity contribution in [2.24, 2.45) is 0 Å². The molecule has 1 atom stereocenters. The Kier molecular flexibility index (Phi) is 3.51. The third-order valence-electron chi connectivity index (χ3n) is 3.31. The molecule has 1 amide bonds. The number of carbonyl (C=O) groups excluding carboxylic acids is 1. The van der Waals surface area contributed by atoms with Gasteiger partial charge < -0.3 is 5.32 Å². The first-order valence-corrected chi connectivity index (χ1v) is 6.75. The third kappa shape index (κ3) is 2.69. The first-order valence-electron chi connectivity index (χ1n) is 6.75. The minimum atomic E-state index is -0.522. The van der Waals surface area contributed by atoms with Crippen LogP contribution in [0.4, 0.5) is 10.1 Å². The molecule has 1 unspecified atom stereocenters. The molecule has 3 rings (SSSR count). The van der Waals surface area contributed by atoms with Crippen LogP contribution in [-0.4, -0.2) is 27.3 Å². The molecule has 0 saturated carbocycles. The summed E-state index contributed by atoms with van der Waals surface area (Å²) in [5.74, 6) is -0.261. The molecule has 6 heteroatoms. The second kappa shape index (κ2) is 5.47. The Morgan fingerprint density at radius 2 is 2.33 bits per heavy atom. The van der Waals surface area contributed by atoms with E-state index in [1.807, 2.05) is 6.08 Å². The van der Waals surface area contributed by atoms with E-state index in [2.05, 4.69) is 15.4 Å². The average Bonchev–Trinajstić information content (AvgIpc) is 3.25. The zero-order valence-corrected chi connectivity index (χ0v) is 11.6. The van der Waals surface area contributed by atoms with Gasteiger partial charge in [-0.15, -0.1) is 0 Å². The van der Waals surface area contributed by atoms with E-state index in [0.717, 1.165) is 12.0 Å². The van der Waals surface area contributed by atoms with E-state index < -0.39 is 6.67 Å². The summed E-state index contributed by atoms with van der Waals surface area (Å²) < 4.78 is 14.5. The highest BCUT2D eigenvalue weighted by Gasteiger charge is 2.26. The van der Waals surface area contributed by atoms with Gasteiger partial charge in [-0.3, -0.25) is 14.5 Å². The molecule has 1 aliphatic rings. The van der Waals surface area contributed by atoms with Gasteiger partial charge in [-0.25, -0.2) is 4.39 Å². The molecule has 0 radical (unpaired) electrons. The number of anilines is 1. The van der Waals surface area contributed by atoms with Gasteiger partial charge in [-0.1, -0.05) is 6.08 Å². The average molecular weight is 286 g/mol. The number of nitrogens with one attached hydrogen (secondary N) is 1. The third-order valence-corrected chi connectivity index (χ3v) is 3.31.